The van der Waals surface area contributed by atoms with E-state index in [1.807, 2.05) is 35.0 Å². The van der Waals surface area contributed by atoms with Gasteiger partial charge in [-0.05, 0) is 25.0 Å². The zero-order valence-electron chi connectivity index (χ0n) is 11.3. The summed E-state index contributed by atoms with van der Waals surface area (Å²) in [5, 5.41) is 4.12. The molecular weight excluding hydrogens is 254 g/mol. The summed E-state index contributed by atoms with van der Waals surface area (Å²) < 4.78 is 7.19. The highest BCUT2D eigenvalue weighted by atomic mass is 16.5. The molecule has 0 radical (unpaired) electrons. The number of carbonyl (C=O) groups is 1. The summed E-state index contributed by atoms with van der Waals surface area (Å²) in [5.74, 6) is 0.0256. The number of para-hydroxylation sites is 1. The van der Waals surface area contributed by atoms with Crippen molar-refractivity contribution in [3.05, 3.63) is 30.5 Å². The Morgan fingerprint density at radius 3 is 2.95 bits per heavy atom. The number of hydrogen-bond donors (Lipinski definition) is 2. The molecule has 3 rings (SSSR count). The molecule has 20 heavy (non-hydrogen) atoms. The Bertz CT molecular complexity index is 615. The number of ether oxygens (including phenoxy) is 1. The lowest BCUT2D eigenvalue weighted by Gasteiger charge is -2.23. The highest BCUT2D eigenvalue weighted by molar-refractivity contribution is 5.91. The maximum absolute atomic E-state index is 12.1. The van der Waals surface area contributed by atoms with Gasteiger partial charge in [-0.1, -0.05) is 12.1 Å². The van der Waals surface area contributed by atoms with Gasteiger partial charge >= 0.3 is 0 Å². The fraction of sp³-hybridized carbons (Fsp3) is 0.400. The molecule has 1 aliphatic rings. The number of carbonyl (C=O) groups excluding carboxylic acids is 1. The van der Waals surface area contributed by atoms with Gasteiger partial charge in [0.1, 0.15) is 6.54 Å². The lowest BCUT2D eigenvalue weighted by atomic mass is 10.1. The van der Waals surface area contributed by atoms with Crippen LogP contribution in [0.2, 0.25) is 0 Å². The smallest absolute Gasteiger partial charge is 0.240 e. The topological polar surface area (TPSA) is 69.3 Å². The molecule has 1 aromatic heterocycles. The Morgan fingerprint density at radius 2 is 2.15 bits per heavy atom. The van der Waals surface area contributed by atoms with Gasteiger partial charge in [0.2, 0.25) is 5.91 Å². The highest BCUT2D eigenvalue weighted by Crippen LogP contribution is 2.21. The van der Waals surface area contributed by atoms with E-state index in [1.54, 1.807) is 0 Å². The molecule has 1 aromatic carbocycles. The Balaban J connectivity index is 1.71. The molecule has 0 atom stereocenters. The molecule has 2 heterocycles. The van der Waals surface area contributed by atoms with E-state index < -0.39 is 0 Å². The number of anilines is 1. The van der Waals surface area contributed by atoms with Crippen LogP contribution in [-0.4, -0.2) is 29.7 Å². The van der Waals surface area contributed by atoms with Gasteiger partial charge in [-0.25, -0.2) is 0 Å². The zero-order chi connectivity index (χ0) is 13.9. The number of nitrogens with one attached hydrogen (secondary N) is 1. The second-order valence-corrected chi connectivity index (χ2v) is 5.18. The summed E-state index contributed by atoms with van der Waals surface area (Å²) in [6.07, 6.45) is 3.69. The van der Waals surface area contributed by atoms with Crippen LogP contribution in [0.25, 0.3) is 10.9 Å². The monoisotopic (exact) mass is 273 g/mol. The van der Waals surface area contributed by atoms with Crippen molar-refractivity contribution in [1.82, 2.24) is 9.88 Å². The fourth-order valence-corrected chi connectivity index (χ4v) is 2.69. The van der Waals surface area contributed by atoms with Gasteiger partial charge in [-0.3, -0.25) is 4.79 Å². The average molecular weight is 273 g/mol. The predicted molar refractivity (Wildman–Crippen MR) is 78.3 cm³/mol. The van der Waals surface area contributed by atoms with Crippen LogP contribution in [0.15, 0.2) is 30.5 Å². The summed E-state index contributed by atoms with van der Waals surface area (Å²) in [7, 11) is 0. The zero-order valence-corrected chi connectivity index (χ0v) is 11.3. The molecule has 0 unspecified atom stereocenters. The van der Waals surface area contributed by atoms with Gasteiger partial charge in [0.15, 0.2) is 0 Å². The Hall–Kier alpha value is -2.01. The molecule has 1 amide bonds. The van der Waals surface area contributed by atoms with Crippen molar-refractivity contribution in [2.24, 2.45) is 0 Å². The number of rotatable bonds is 3. The van der Waals surface area contributed by atoms with Gasteiger partial charge in [0, 0.05) is 30.8 Å². The van der Waals surface area contributed by atoms with Crippen LogP contribution in [0.4, 0.5) is 5.69 Å². The van der Waals surface area contributed by atoms with Crippen LogP contribution in [0, 0.1) is 0 Å². The first-order valence-electron chi connectivity index (χ1n) is 6.94. The van der Waals surface area contributed by atoms with Crippen molar-refractivity contribution in [3.8, 4) is 0 Å². The summed E-state index contributed by atoms with van der Waals surface area (Å²) in [6, 6.07) is 7.99. The summed E-state index contributed by atoms with van der Waals surface area (Å²) in [6.45, 7) is 1.75. The molecule has 5 heteroatoms. The SMILES string of the molecule is Nc1cccc2ccn(CC(=O)NC3CCOCC3)c12. The van der Waals surface area contributed by atoms with E-state index >= 15 is 0 Å². The van der Waals surface area contributed by atoms with Gasteiger partial charge in [0.05, 0.1) is 11.2 Å². The van der Waals surface area contributed by atoms with E-state index in [4.69, 9.17) is 10.5 Å². The third kappa shape index (κ3) is 2.63. The molecule has 1 fully saturated rings. The Morgan fingerprint density at radius 1 is 1.35 bits per heavy atom. The second-order valence-electron chi connectivity index (χ2n) is 5.18. The van der Waals surface area contributed by atoms with Crippen LogP contribution in [0.5, 0.6) is 0 Å². The Kier molecular flexibility index (Phi) is 3.60. The normalized spacial score (nSPS) is 16.4. The number of nitrogens with two attached hydrogens (primary N) is 1. The fourth-order valence-electron chi connectivity index (χ4n) is 2.69. The maximum Gasteiger partial charge on any atom is 0.240 e. The molecule has 0 bridgehead atoms. The van der Waals surface area contributed by atoms with Crippen molar-refractivity contribution in [2.45, 2.75) is 25.4 Å². The van der Waals surface area contributed by atoms with Crippen LogP contribution in [-0.2, 0) is 16.1 Å². The van der Waals surface area contributed by atoms with E-state index in [1.165, 1.54) is 0 Å². The van der Waals surface area contributed by atoms with E-state index in [9.17, 15) is 4.79 Å². The second kappa shape index (κ2) is 5.54. The molecule has 0 aliphatic carbocycles. The summed E-state index contributed by atoms with van der Waals surface area (Å²) >= 11 is 0. The standard InChI is InChI=1S/C15H19N3O2/c16-13-3-1-2-11-4-7-18(15(11)13)10-14(19)17-12-5-8-20-9-6-12/h1-4,7,12H,5-6,8-10,16H2,(H,17,19). The lowest BCUT2D eigenvalue weighted by Crippen LogP contribution is -2.40. The number of benzene rings is 1. The van der Waals surface area contributed by atoms with Crippen molar-refractivity contribution >= 4 is 22.5 Å². The van der Waals surface area contributed by atoms with Crippen molar-refractivity contribution in [1.29, 1.82) is 0 Å². The van der Waals surface area contributed by atoms with Gasteiger partial charge in [-0.2, -0.15) is 0 Å². The molecule has 0 spiro atoms. The van der Waals surface area contributed by atoms with Gasteiger partial charge < -0.3 is 20.4 Å². The lowest BCUT2D eigenvalue weighted by molar-refractivity contribution is -0.122. The Labute approximate surface area is 117 Å². The van der Waals surface area contributed by atoms with Gasteiger partial charge in [-0.15, -0.1) is 0 Å². The molecule has 3 N–H and O–H groups in total. The average Bonchev–Trinajstić information content (AvgIpc) is 2.84. The van der Waals surface area contributed by atoms with Crippen LogP contribution in [0.3, 0.4) is 0 Å². The first-order chi connectivity index (χ1) is 9.74. The highest BCUT2D eigenvalue weighted by Gasteiger charge is 2.16. The molecule has 1 saturated heterocycles. The van der Waals surface area contributed by atoms with Gasteiger partial charge in [0.25, 0.3) is 0 Å². The predicted octanol–water partition coefficient (Wildman–Crippen LogP) is 1.52. The number of fused-ring (bicyclic) bond motifs is 1. The third-order valence-electron chi connectivity index (χ3n) is 3.72. The van der Waals surface area contributed by atoms with Crippen molar-refractivity contribution < 1.29 is 9.53 Å². The molecule has 1 aliphatic heterocycles. The van der Waals surface area contributed by atoms with Crippen LogP contribution >= 0.6 is 0 Å². The molecular formula is C15H19N3O2. The van der Waals surface area contributed by atoms with E-state index in [0.29, 0.717) is 12.2 Å². The minimum absolute atomic E-state index is 0.0256. The van der Waals surface area contributed by atoms with Crippen LogP contribution < -0.4 is 11.1 Å². The van der Waals surface area contributed by atoms with E-state index in [0.717, 1.165) is 37.0 Å². The summed E-state index contributed by atoms with van der Waals surface area (Å²) in [5.41, 5.74) is 7.62. The number of nitrogens with zero attached hydrogens (tertiary/aromatic N) is 1. The summed E-state index contributed by atoms with van der Waals surface area (Å²) in [4.78, 5) is 12.1. The molecule has 2 aromatic rings. The number of amides is 1. The van der Waals surface area contributed by atoms with E-state index in [2.05, 4.69) is 5.32 Å². The van der Waals surface area contributed by atoms with Crippen LogP contribution in [0.1, 0.15) is 12.8 Å². The minimum Gasteiger partial charge on any atom is -0.397 e. The molecule has 0 saturated carbocycles. The first-order valence-corrected chi connectivity index (χ1v) is 6.94. The van der Waals surface area contributed by atoms with E-state index in [-0.39, 0.29) is 11.9 Å². The largest absolute Gasteiger partial charge is 0.397 e. The van der Waals surface area contributed by atoms with Crippen molar-refractivity contribution in [2.75, 3.05) is 18.9 Å². The molecule has 106 valence electrons. The molecule has 5 nitrogen and oxygen atoms in total. The number of nitrogen functional groups attached to an aromatic ring is 1. The quantitative estimate of drug-likeness (QED) is 0.833. The number of hydrogen-bond acceptors (Lipinski definition) is 3. The maximum atomic E-state index is 12.1. The third-order valence-corrected chi connectivity index (χ3v) is 3.72. The first kappa shape index (κ1) is 13.0. The number of aromatic nitrogens is 1. The minimum atomic E-state index is 0.0256. The van der Waals surface area contributed by atoms with Crippen molar-refractivity contribution in [3.63, 3.8) is 0 Å².